The van der Waals surface area contributed by atoms with Crippen LogP contribution in [0.3, 0.4) is 0 Å². The van der Waals surface area contributed by atoms with Crippen LogP contribution in [0.25, 0.3) is 0 Å². The third-order valence-corrected chi connectivity index (χ3v) is 3.84. The van der Waals surface area contributed by atoms with Gasteiger partial charge in [-0.3, -0.25) is 9.69 Å². The van der Waals surface area contributed by atoms with Crippen LogP contribution in [0, 0.1) is 17.2 Å². The highest BCUT2D eigenvalue weighted by Crippen LogP contribution is 2.20. The Hall–Kier alpha value is -1.86. The van der Waals surface area contributed by atoms with Gasteiger partial charge in [-0.15, -0.1) is 0 Å². The summed E-state index contributed by atoms with van der Waals surface area (Å²) in [6.07, 6.45) is 2.42. The van der Waals surface area contributed by atoms with Gasteiger partial charge in [0, 0.05) is 13.1 Å². The topological polar surface area (TPSA) is 53.3 Å². The first-order valence-electron chi connectivity index (χ1n) is 7.56. The van der Waals surface area contributed by atoms with Gasteiger partial charge in [-0.2, -0.15) is 5.26 Å². The summed E-state index contributed by atoms with van der Waals surface area (Å²) in [6.45, 7) is 4.95. The van der Waals surface area contributed by atoms with Crippen molar-refractivity contribution in [2.75, 3.05) is 19.7 Å². The molecule has 0 radical (unpaired) electrons. The van der Waals surface area contributed by atoms with Crippen LogP contribution < -0.4 is 0 Å². The number of ether oxygens (including phenoxy) is 1. The summed E-state index contributed by atoms with van der Waals surface area (Å²) in [7, 11) is 0. The van der Waals surface area contributed by atoms with Crippen LogP contribution in [-0.2, 0) is 22.5 Å². The third-order valence-electron chi connectivity index (χ3n) is 3.84. The fourth-order valence-corrected chi connectivity index (χ4v) is 2.76. The zero-order chi connectivity index (χ0) is 15.1. The van der Waals surface area contributed by atoms with E-state index in [1.54, 1.807) is 0 Å². The molecule has 0 aliphatic carbocycles. The fraction of sp³-hybridized carbons (Fsp3) is 0.529. The smallest absolute Gasteiger partial charge is 0.310 e. The minimum absolute atomic E-state index is 0.0107. The maximum absolute atomic E-state index is 11.8. The van der Waals surface area contributed by atoms with Gasteiger partial charge in [-0.25, -0.2) is 0 Å². The molecule has 1 aromatic carbocycles. The van der Waals surface area contributed by atoms with E-state index in [9.17, 15) is 4.79 Å². The maximum Gasteiger partial charge on any atom is 0.310 e. The zero-order valence-corrected chi connectivity index (χ0v) is 12.5. The number of carbonyl (C=O) groups excluding carboxylic acids is 1. The minimum atomic E-state index is -0.0634. The Morgan fingerprint density at radius 3 is 2.76 bits per heavy atom. The summed E-state index contributed by atoms with van der Waals surface area (Å²) in [4.78, 5) is 14.1. The van der Waals surface area contributed by atoms with Crippen LogP contribution in [-0.4, -0.2) is 30.6 Å². The van der Waals surface area contributed by atoms with Crippen molar-refractivity contribution in [1.82, 2.24) is 4.90 Å². The van der Waals surface area contributed by atoms with E-state index >= 15 is 0 Å². The van der Waals surface area contributed by atoms with Crippen molar-refractivity contribution in [2.24, 2.45) is 5.92 Å². The van der Waals surface area contributed by atoms with Crippen LogP contribution in [0.2, 0.25) is 0 Å². The van der Waals surface area contributed by atoms with Gasteiger partial charge < -0.3 is 4.74 Å². The lowest BCUT2D eigenvalue weighted by Crippen LogP contribution is -2.38. The molecule has 21 heavy (non-hydrogen) atoms. The Balaban J connectivity index is 1.90. The van der Waals surface area contributed by atoms with Gasteiger partial charge in [0.25, 0.3) is 0 Å². The summed E-state index contributed by atoms with van der Waals surface area (Å²) in [6, 6.07) is 10.3. The van der Waals surface area contributed by atoms with Crippen LogP contribution in [0.4, 0.5) is 0 Å². The molecule has 2 rings (SSSR count). The van der Waals surface area contributed by atoms with Gasteiger partial charge in [0.15, 0.2) is 0 Å². The number of hydrogen-bond donors (Lipinski definition) is 0. The first-order chi connectivity index (χ1) is 10.2. The normalized spacial score (nSPS) is 19.0. The van der Waals surface area contributed by atoms with Crippen LogP contribution in [0.1, 0.15) is 30.9 Å². The standard InChI is InChI=1S/C17H22N2O2/c1-2-21-17(20)16-4-3-11-19(13-16)12-15-7-5-14(6-8-15)9-10-18/h5-8,16H,2-4,9,11-13H2,1H3. The molecule has 0 amide bonds. The second kappa shape index (κ2) is 7.80. The molecule has 0 bridgehead atoms. The van der Waals surface area contributed by atoms with E-state index < -0.39 is 0 Å². The number of hydrogen-bond acceptors (Lipinski definition) is 4. The van der Waals surface area contributed by atoms with Gasteiger partial charge in [0.05, 0.1) is 25.0 Å². The lowest BCUT2D eigenvalue weighted by Gasteiger charge is -2.31. The molecule has 1 atom stereocenters. The highest BCUT2D eigenvalue weighted by atomic mass is 16.5. The molecule has 4 heteroatoms. The van der Waals surface area contributed by atoms with Gasteiger partial charge in [0.2, 0.25) is 0 Å². The molecule has 112 valence electrons. The summed E-state index contributed by atoms with van der Waals surface area (Å²) >= 11 is 0. The molecule has 1 aliphatic heterocycles. The van der Waals surface area contributed by atoms with Gasteiger partial charge in [-0.05, 0) is 37.4 Å². The summed E-state index contributed by atoms with van der Waals surface area (Å²) < 4.78 is 5.13. The Morgan fingerprint density at radius 1 is 1.38 bits per heavy atom. The average Bonchev–Trinajstić information content (AvgIpc) is 2.50. The van der Waals surface area contributed by atoms with E-state index in [0.29, 0.717) is 13.0 Å². The number of esters is 1. The number of carbonyl (C=O) groups is 1. The number of nitrogens with zero attached hydrogens (tertiary/aromatic N) is 2. The Bertz CT molecular complexity index is 505. The molecule has 0 N–H and O–H groups in total. The van der Waals surface area contributed by atoms with E-state index in [0.717, 1.165) is 38.0 Å². The lowest BCUT2D eigenvalue weighted by molar-refractivity contribution is -0.150. The van der Waals surface area contributed by atoms with Crippen LogP contribution in [0.5, 0.6) is 0 Å². The zero-order valence-electron chi connectivity index (χ0n) is 12.5. The molecule has 0 spiro atoms. The monoisotopic (exact) mass is 286 g/mol. The molecule has 1 saturated heterocycles. The second-order valence-corrected chi connectivity index (χ2v) is 5.48. The molecule has 1 unspecified atom stereocenters. The predicted octanol–water partition coefficient (Wildman–Crippen LogP) is 2.53. The number of benzene rings is 1. The molecule has 1 fully saturated rings. The largest absolute Gasteiger partial charge is 0.466 e. The highest BCUT2D eigenvalue weighted by molar-refractivity contribution is 5.72. The first-order valence-corrected chi connectivity index (χ1v) is 7.56. The maximum atomic E-state index is 11.8. The Morgan fingerprint density at radius 2 is 2.10 bits per heavy atom. The average molecular weight is 286 g/mol. The molecule has 1 heterocycles. The number of nitriles is 1. The van der Waals surface area contributed by atoms with Crippen molar-refractivity contribution < 1.29 is 9.53 Å². The van der Waals surface area contributed by atoms with Crippen molar-refractivity contribution in [3.8, 4) is 6.07 Å². The van der Waals surface area contributed by atoms with E-state index in [4.69, 9.17) is 10.00 Å². The predicted molar refractivity (Wildman–Crippen MR) is 80.4 cm³/mol. The van der Waals surface area contributed by atoms with Crippen molar-refractivity contribution in [1.29, 1.82) is 5.26 Å². The lowest BCUT2D eigenvalue weighted by atomic mass is 9.97. The molecule has 0 saturated carbocycles. The molecule has 1 aliphatic rings. The SMILES string of the molecule is CCOC(=O)C1CCCN(Cc2ccc(CC#N)cc2)C1. The Kier molecular flexibility index (Phi) is 5.77. The summed E-state index contributed by atoms with van der Waals surface area (Å²) in [5.41, 5.74) is 2.27. The van der Waals surface area contributed by atoms with E-state index in [-0.39, 0.29) is 11.9 Å². The number of piperidine rings is 1. The van der Waals surface area contributed by atoms with Crippen molar-refractivity contribution in [2.45, 2.75) is 32.7 Å². The van der Waals surface area contributed by atoms with Crippen molar-refractivity contribution >= 4 is 5.97 Å². The van der Waals surface area contributed by atoms with E-state index in [2.05, 4.69) is 23.1 Å². The Labute approximate surface area is 126 Å². The molecule has 1 aromatic rings. The minimum Gasteiger partial charge on any atom is -0.466 e. The van der Waals surface area contributed by atoms with Crippen LogP contribution in [0.15, 0.2) is 24.3 Å². The molecular formula is C17H22N2O2. The molecule has 0 aromatic heterocycles. The molecular weight excluding hydrogens is 264 g/mol. The van der Waals surface area contributed by atoms with E-state index in [1.165, 1.54) is 5.56 Å². The highest BCUT2D eigenvalue weighted by Gasteiger charge is 2.26. The van der Waals surface area contributed by atoms with Crippen LogP contribution >= 0.6 is 0 Å². The van der Waals surface area contributed by atoms with Crippen molar-refractivity contribution in [3.05, 3.63) is 35.4 Å². The number of rotatable bonds is 5. The molecule has 4 nitrogen and oxygen atoms in total. The first kappa shape index (κ1) is 15.5. The third kappa shape index (κ3) is 4.57. The quantitative estimate of drug-likeness (QED) is 0.781. The van der Waals surface area contributed by atoms with Gasteiger partial charge in [0.1, 0.15) is 0 Å². The van der Waals surface area contributed by atoms with Gasteiger partial charge in [-0.1, -0.05) is 24.3 Å². The summed E-state index contributed by atoms with van der Waals surface area (Å²) in [5, 5.41) is 8.67. The summed E-state index contributed by atoms with van der Waals surface area (Å²) in [5.74, 6) is -0.0527. The van der Waals surface area contributed by atoms with E-state index in [1.807, 2.05) is 19.1 Å². The second-order valence-electron chi connectivity index (χ2n) is 5.48. The number of likely N-dealkylation sites (tertiary alicyclic amines) is 1. The van der Waals surface area contributed by atoms with Gasteiger partial charge >= 0.3 is 5.97 Å². The fourth-order valence-electron chi connectivity index (χ4n) is 2.76. The van der Waals surface area contributed by atoms with Crippen molar-refractivity contribution in [3.63, 3.8) is 0 Å².